The fourth-order valence-electron chi connectivity index (χ4n) is 1.69. The van der Waals surface area contributed by atoms with Crippen LogP contribution in [0.3, 0.4) is 0 Å². The first-order valence-corrected chi connectivity index (χ1v) is 6.11. The van der Waals surface area contributed by atoms with Crippen molar-refractivity contribution in [3.8, 4) is 0 Å². The summed E-state index contributed by atoms with van der Waals surface area (Å²) in [6.07, 6.45) is 0.574. The first kappa shape index (κ1) is 13.2. The molecular formula is C14H23NO. The van der Waals surface area contributed by atoms with Crippen LogP contribution >= 0.6 is 0 Å². The Morgan fingerprint density at radius 1 is 1.19 bits per heavy atom. The average Bonchev–Trinajstić information content (AvgIpc) is 2.35. The largest absolute Gasteiger partial charge is 0.392 e. The smallest absolute Gasteiger partial charge is 0.0662 e. The van der Waals surface area contributed by atoms with Crippen LogP contribution in [0, 0.1) is 0 Å². The predicted molar refractivity (Wildman–Crippen MR) is 68.6 cm³/mol. The lowest BCUT2D eigenvalue weighted by molar-refractivity contribution is 0.162. The van der Waals surface area contributed by atoms with Gasteiger partial charge in [-0.2, -0.15) is 0 Å². The van der Waals surface area contributed by atoms with Gasteiger partial charge in [0.15, 0.2) is 0 Å². The van der Waals surface area contributed by atoms with Crippen molar-refractivity contribution in [1.29, 1.82) is 0 Å². The van der Waals surface area contributed by atoms with Crippen LogP contribution in [0.1, 0.15) is 38.7 Å². The molecule has 0 amide bonds. The van der Waals surface area contributed by atoms with E-state index < -0.39 is 0 Å². The minimum absolute atomic E-state index is 0.231. The molecular weight excluding hydrogens is 198 g/mol. The van der Waals surface area contributed by atoms with E-state index in [0.717, 1.165) is 6.42 Å². The van der Waals surface area contributed by atoms with Gasteiger partial charge < -0.3 is 10.4 Å². The van der Waals surface area contributed by atoms with Crippen LogP contribution in [0.2, 0.25) is 0 Å². The Labute approximate surface area is 98.7 Å². The first-order valence-electron chi connectivity index (χ1n) is 6.11. The summed E-state index contributed by atoms with van der Waals surface area (Å²) in [4.78, 5) is 0. The van der Waals surface area contributed by atoms with E-state index in [1.54, 1.807) is 0 Å². The van der Waals surface area contributed by atoms with Crippen molar-refractivity contribution in [3.05, 3.63) is 35.9 Å². The van der Waals surface area contributed by atoms with Crippen molar-refractivity contribution in [1.82, 2.24) is 5.32 Å². The maximum atomic E-state index is 9.50. The highest BCUT2D eigenvalue weighted by molar-refractivity contribution is 5.20. The summed E-state index contributed by atoms with van der Waals surface area (Å²) in [5.41, 5.74) is 1.34. The third-order valence-electron chi connectivity index (χ3n) is 3.22. The average molecular weight is 221 g/mol. The maximum absolute atomic E-state index is 9.50. The monoisotopic (exact) mass is 221 g/mol. The van der Waals surface area contributed by atoms with Crippen molar-refractivity contribution in [2.24, 2.45) is 0 Å². The second-order valence-corrected chi connectivity index (χ2v) is 4.46. The van der Waals surface area contributed by atoms with E-state index in [1.165, 1.54) is 5.56 Å². The molecule has 0 aliphatic rings. The van der Waals surface area contributed by atoms with Crippen LogP contribution in [0.4, 0.5) is 0 Å². The van der Waals surface area contributed by atoms with Crippen LogP contribution in [0.5, 0.6) is 0 Å². The lowest BCUT2D eigenvalue weighted by atomic mass is 9.94. The highest BCUT2D eigenvalue weighted by atomic mass is 16.3. The van der Waals surface area contributed by atoms with E-state index in [0.29, 0.717) is 18.5 Å². The number of aliphatic hydroxyl groups is 1. The van der Waals surface area contributed by atoms with Crippen molar-refractivity contribution < 1.29 is 5.11 Å². The molecule has 0 fully saturated rings. The van der Waals surface area contributed by atoms with Gasteiger partial charge in [-0.05, 0) is 24.8 Å². The van der Waals surface area contributed by atoms with Crippen molar-refractivity contribution >= 4 is 0 Å². The Morgan fingerprint density at radius 3 is 2.38 bits per heavy atom. The summed E-state index contributed by atoms with van der Waals surface area (Å²) < 4.78 is 0. The van der Waals surface area contributed by atoms with Crippen LogP contribution < -0.4 is 5.32 Å². The van der Waals surface area contributed by atoms with E-state index in [4.69, 9.17) is 0 Å². The molecule has 0 unspecified atom stereocenters. The Kier molecular flexibility index (Phi) is 5.50. The van der Waals surface area contributed by atoms with Crippen LogP contribution in [-0.4, -0.2) is 23.8 Å². The highest BCUT2D eigenvalue weighted by Gasteiger charge is 2.14. The number of hydrogen-bond donors (Lipinski definition) is 2. The lowest BCUT2D eigenvalue weighted by Crippen LogP contribution is -2.36. The Morgan fingerprint density at radius 2 is 1.81 bits per heavy atom. The molecule has 16 heavy (non-hydrogen) atoms. The van der Waals surface area contributed by atoms with Gasteiger partial charge in [-0.1, -0.05) is 44.2 Å². The van der Waals surface area contributed by atoms with E-state index in [2.05, 4.69) is 43.4 Å². The third kappa shape index (κ3) is 3.95. The van der Waals surface area contributed by atoms with E-state index in [1.807, 2.05) is 13.0 Å². The molecule has 0 saturated carbocycles. The summed E-state index contributed by atoms with van der Waals surface area (Å²) >= 11 is 0. The molecule has 1 aromatic rings. The lowest BCUT2D eigenvalue weighted by Gasteiger charge is -2.23. The molecule has 2 heteroatoms. The zero-order chi connectivity index (χ0) is 12.0. The molecule has 0 aliphatic carbocycles. The normalized spacial score (nSPS) is 16.8. The number of hydrogen-bond acceptors (Lipinski definition) is 2. The topological polar surface area (TPSA) is 32.3 Å². The fraction of sp³-hybridized carbons (Fsp3) is 0.571. The Balaban J connectivity index is 2.45. The number of nitrogens with one attached hydrogen (secondary N) is 1. The SMILES string of the molecule is CC[C@H](O)CN[C@@H](C)[C@H](C)c1ccccc1. The van der Waals surface area contributed by atoms with Gasteiger partial charge in [0.05, 0.1) is 6.10 Å². The van der Waals surface area contributed by atoms with Gasteiger partial charge in [0.2, 0.25) is 0 Å². The van der Waals surface area contributed by atoms with E-state index >= 15 is 0 Å². The van der Waals surface area contributed by atoms with Crippen LogP contribution in [0.15, 0.2) is 30.3 Å². The number of rotatable bonds is 6. The van der Waals surface area contributed by atoms with Crippen molar-refractivity contribution in [2.45, 2.75) is 45.3 Å². The molecule has 3 atom stereocenters. The van der Waals surface area contributed by atoms with Crippen LogP contribution in [-0.2, 0) is 0 Å². The van der Waals surface area contributed by atoms with E-state index in [9.17, 15) is 5.11 Å². The molecule has 0 aromatic heterocycles. The molecule has 1 aromatic carbocycles. The summed E-state index contributed by atoms with van der Waals surface area (Å²) in [6, 6.07) is 10.9. The van der Waals surface area contributed by atoms with Crippen LogP contribution in [0.25, 0.3) is 0 Å². The van der Waals surface area contributed by atoms with Gasteiger partial charge in [-0.25, -0.2) is 0 Å². The Hall–Kier alpha value is -0.860. The van der Waals surface area contributed by atoms with Gasteiger partial charge >= 0.3 is 0 Å². The van der Waals surface area contributed by atoms with Gasteiger partial charge in [-0.3, -0.25) is 0 Å². The summed E-state index contributed by atoms with van der Waals surface area (Å²) in [7, 11) is 0. The number of aliphatic hydroxyl groups excluding tert-OH is 1. The fourth-order valence-corrected chi connectivity index (χ4v) is 1.69. The Bertz CT molecular complexity index is 286. The van der Waals surface area contributed by atoms with Gasteiger partial charge in [0, 0.05) is 12.6 Å². The second kappa shape index (κ2) is 6.66. The quantitative estimate of drug-likeness (QED) is 0.773. The van der Waals surface area contributed by atoms with E-state index in [-0.39, 0.29) is 6.10 Å². The van der Waals surface area contributed by atoms with Gasteiger partial charge in [0.25, 0.3) is 0 Å². The molecule has 0 heterocycles. The minimum atomic E-state index is -0.231. The second-order valence-electron chi connectivity index (χ2n) is 4.46. The molecule has 0 saturated heterocycles. The minimum Gasteiger partial charge on any atom is -0.392 e. The first-order chi connectivity index (χ1) is 7.65. The van der Waals surface area contributed by atoms with Crippen molar-refractivity contribution in [2.75, 3.05) is 6.54 Å². The number of benzene rings is 1. The predicted octanol–water partition coefficient (Wildman–Crippen LogP) is 2.54. The molecule has 2 N–H and O–H groups in total. The molecule has 1 rings (SSSR count). The third-order valence-corrected chi connectivity index (χ3v) is 3.22. The maximum Gasteiger partial charge on any atom is 0.0662 e. The molecule has 90 valence electrons. The standard InChI is InChI=1S/C14H23NO/c1-4-14(16)10-15-12(3)11(2)13-8-6-5-7-9-13/h5-9,11-12,14-16H,4,10H2,1-3H3/t11-,12-,14-/m0/s1. The summed E-state index contributed by atoms with van der Waals surface area (Å²) in [5, 5.41) is 12.9. The zero-order valence-electron chi connectivity index (χ0n) is 10.5. The zero-order valence-corrected chi connectivity index (χ0v) is 10.5. The molecule has 0 bridgehead atoms. The molecule has 0 radical (unpaired) electrons. The summed E-state index contributed by atoms with van der Waals surface area (Å²) in [6.45, 7) is 7.05. The molecule has 0 spiro atoms. The molecule has 2 nitrogen and oxygen atoms in total. The van der Waals surface area contributed by atoms with Gasteiger partial charge in [0.1, 0.15) is 0 Å². The van der Waals surface area contributed by atoms with Crippen molar-refractivity contribution in [3.63, 3.8) is 0 Å². The molecule has 0 aliphatic heterocycles. The highest BCUT2D eigenvalue weighted by Crippen LogP contribution is 2.18. The summed E-state index contributed by atoms with van der Waals surface area (Å²) in [5.74, 6) is 0.463. The van der Waals surface area contributed by atoms with Gasteiger partial charge in [-0.15, -0.1) is 0 Å².